The molecule has 0 amide bonds. The molecule has 1 atom stereocenters. The van der Waals surface area contributed by atoms with Gasteiger partial charge in [0.25, 0.3) is 0 Å². The van der Waals surface area contributed by atoms with Crippen molar-refractivity contribution in [2.75, 3.05) is 7.11 Å². The molecule has 0 bridgehead atoms. The van der Waals surface area contributed by atoms with Gasteiger partial charge in [-0.25, -0.2) is 0 Å². The van der Waals surface area contributed by atoms with Crippen molar-refractivity contribution in [2.24, 2.45) is 0 Å². The first-order chi connectivity index (χ1) is 8.24. The fraction of sp³-hybridized carbons (Fsp3) is 0.538. The Balaban J connectivity index is 2.84. The summed E-state index contributed by atoms with van der Waals surface area (Å²) in [6.45, 7) is 3.70. The van der Waals surface area contributed by atoms with Crippen LogP contribution in [-0.2, 0) is 0 Å². The molecule has 0 aliphatic rings. The second-order valence-electron chi connectivity index (χ2n) is 4.31. The third-order valence-electron chi connectivity index (χ3n) is 2.73. The van der Waals surface area contributed by atoms with Gasteiger partial charge in [0.2, 0.25) is 0 Å². The fourth-order valence-corrected chi connectivity index (χ4v) is 2.18. The Kier molecular flexibility index (Phi) is 4.91. The first-order valence-corrected chi connectivity index (χ1v) is 6.04. The Morgan fingerprint density at radius 3 is 2.11 bits per heavy atom. The number of rotatable bonds is 4. The van der Waals surface area contributed by atoms with Crippen LogP contribution in [0.25, 0.3) is 0 Å². The molecule has 0 spiro atoms. The van der Waals surface area contributed by atoms with Gasteiger partial charge in [-0.05, 0) is 37.0 Å². The summed E-state index contributed by atoms with van der Waals surface area (Å²) in [7, 11) is 1.57. The molecule has 0 saturated heterocycles. The summed E-state index contributed by atoms with van der Waals surface area (Å²) in [6.07, 6.45) is -5.15. The number of hydrogen-bond donors (Lipinski definition) is 0. The molecule has 1 unspecified atom stereocenters. The standard InChI is InChI=1S/C13H16ClF3O/c1-8-6-10(7-9(2)12(8)18-3)11(14)4-5-13(15,16)17/h6-7,11H,4-5H2,1-3H3. The van der Waals surface area contributed by atoms with Crippen molar-refractivity contribution in [3.63, 3.8) is 0 Å². The Morgan fingerprint density at radius 2 is 1.72 bits per heavy atom. The lowest BCUT2D eigenvalue weighted by Gasteiger charge is -2.15. The average Bonchev–Trinajstić information content (AvgIpc) is 2.24. The maximum atomic E-state index is 12.1. The lowest BCUT2D eigenvalue weighted by Crippen LogP contribution is -2.08. The van der Waals surface area contributed by atoms with Gasteiger partial charge in [-0.2, -0.15) is 13.2 Å². The Bertz CT molecular complexity index is 392. The number of hydrogen-bond acceptors (Lipinski definition) is 1. The maximum Gasteiger partial charge on any atom is 0.389 e. The predicted octanol–water partition coefficient (Wildman–Crippen LogP) is 4.93. The van der Waals surface area contributed by atoms with Crippen molar-refractivity contribution < 1.29 is 17.9 Å². The zero-order chi connectivity index (χ0) is 13.9. The zero-order valence-corrected chi connectivity index (χ0v) is 11.3. The van der Waals surface area contributed by atoms with Crippen LogP contribution in [0.5, 0.6) is 5.75 Å². The van der Waals surface area contributed by atoms with E-state index in [4.69, 9.17) is 16.3 Å². The summed E-state index contributed by atoms with van der Waals surface area (Å²) in [6, 6.07) is 3.56. The molecule has 18 heavy (non-hydrogen) atoms. The van der Waals surface area contributed by atoms with E-state index < -0.39 is 18.0 Å². The number of aryl methyl sites for hydroxylation is 2. The number of halogens is 4. The summed E-state index contributed by atoms with van der Waals surface area (Å²) in [5, 5.41) is -0.630. The van der Waals surface area contributed by atoms with Gasteiger partial charge in [-0.15, -0.1) is 11.6 Å². The lowest BCUT2D eigenvalue weighted by molar-refractivity contribution is -0.135. The molecule has 102 valence electrons. The topological polar surface area (TPSA) is 9.23 Å². The number of methoxy groups -OCH3 is 1. The van der Waals surface area contributed by atoms with Crippen LogP contribution in [0, 0.1) is 13.8 Å². The molecule has 0 aliphatic heterocycles. The van der Waals surface area contributed by atoms with Gasteiger partial charge in [0.05, 0.1) is 12.5 Å². The van der Waals surface area contributed by atoms with Crippen LogP contribution < -0.4 is 4.74 Å². The van der Waals surface area contributed by atoms with Crippen molar-refractivity contribution in [1.29, 1.82) is 0 Å². The van der Waals surface area contributed by atoms with Gasteiger partial charge in [0, 0.05) is 6.42 Å². The van der Waals surface area contributed by atoms with Crippen molar-refractivity contribution in [2.45, 2.75) is 38.2 Å². The molecule has 1 aromatic carbocycles. The number of benzene rings is 1. The molecule has 0 radical (unpaired) electrons. The van der Waals surface area contributed by atoms with Crippen molar-refractivity contribution in [1.82, 2.24) is 0 Å². The monoisotopic (exact) mass is 280 g/mol. The van der Waals surface area contributed by atoms with E-state index in [-0.39, 0.29) is 6.42 Å². The molecular formula is C13H16ClF3O. The summed E-state index contributed by atoms with van der Waals surface area (Å²) in [4.78, 5) is 0. The Labute approximate surface area is 110 Å². The van der Waals surface area contributed by atoms with Gasteiger partial charge in [-0.1, -0.05) is 12.1 Å². The first kappa shape index (κ1) is 15.2. The fourth-order valence-electron chi connectivity index (χ4n) is 1.94. The van der Waals surface area contributed by atoms with Crippen molar-refractivity contribution in [3.8, 4) is 5.75 Å². The molecule has 0 aromatic heterocycles. The second kappa shape index (κ2) is 5.83. The molecular weight excluding hydrogens is 265 g/mol. The van der Waals surface area contributed by atoms with Crippen molar-refractivity contribution >= 4 is 11.6 Å². The largest absolute Gasteiger partial charge is 0.496 e. The predicted molar refractivity (Wildman–Crippen MR) is 66.4 cm³/mol. The molecule has 1 nitrogen and oxygen atoms in total. The van der Waals surface area contributed by atoms with E-state index in [1.807, 2.05) is 13.8 Å². The van der Waals surface area contributed by atoms with Crippen LogP contribution in [-0.4, -0.2) is 13.3 Å². The number of alkyl halides is 4. The zero-order valence-electron chi connectivity index (χ0n) is 10.6. The van der Waals surface area contributed by atoms with Gasteiger partial charge in [-0.3, -0.25) is 0 Å². The molecule has 0 fully saturated rings. The quantitative estimate of drug-likeness (QED) is 0.710. The van der Waals surface area contributed by atoms with E-state index in [2.05, 4.69) is 0 Å². The van der Waals surface area contributed by atoms with Crippen LogP contribution in [0.4, 0.5) is 13.2 Å². The minimum Gasteiger partial charge on any atom is -0.496 e. The molecule has 1 rings (SSSR count). The van der Waals surface area contributed by atoms with Crippen LogP contribution in [0.2, 0.25) is 0 Å². The highest BCUT2D eigenvalue weighted by atomic mass is 35.5. The average molecular weight is 281 g/mol. The molecule has 5 heteroatoms. The minimum absolute atomic E-state index is 0.115. The van der Waals surface area contributed by atoms with Crippen LogP contribution >= 0.6 is 11.6 Å². The third-order valence-corrected chi connectivity index (χ3v) is 3.20. The highest BCUT2D eigenvalue weighted by Gasteiger charge is 2.28. The highest BCUT2D eigenvalue weighted by Crippen LogP contribution is 2.34. The van der Waals surface area contributed by atoms with Gasteiger partial charge >= 0.3 is 6.18 Å². The summed E-state index contributed by atoms with van der Waals surface area (Å²) < 4.78 is 41.6. The minimum atomic E-state index is -4.16. The first-order valence-electron chi connectivity index (χ1n) is 5.60. The van der Waals surface area contributed by atoms with E-state index in [0.29, 0.717) is 5.56 Å². The normalized spacial score (nSPS) is 13.5. The van der Waals surface area contributed by atoms with Crippen molar-refractivity contribution in [3.05, 3.63) is 28.8 Å². The SMILES string of the molecule is COc1c(C)cc(C(Cl)CCC(F)(F)F)cc1C. The smallest absolute Gasteiger partial charge is 0.389 e. The number of ether oxygens (including phenoxy) is 1. The molecule has 0 N–H and O–H groups in total. The third kappa shape index (κ3) is 4.09. The summed E-state index contributed by atoms with van der Waals surface area (Å²) in [5.41, 5.74) is 2.46. The van der Waals surface area contributed by atoms with E-state index in [0.717, 1.165) is 16.9 Å². The van der Waals surface area contributed by atoms with Crippen LogP contribution in [0.15, 0.2) is 12.1 Å². The highest BCUT2D eigenvalue weighted by molar-refractivity contribution is 6.20. The van der Waals surface area contributed by atoms with E-state index in [1.54, 1.807) is 19.2 Å². The lowest BCUT2D eigenvalue weighted by atomic mass is 10.0. The molecule has 0 aliphatic carbocycles. The molecule has 0 heterocycles. The van der Waals surface area contributed by atoms with E-state index >= 15 is 0 Å². The van der Waals surface area contributed by atoms with Gasteiger partial charge in [0.15, 0.2) is 0 Å². The second-order valence-corrected chi connectivity index (χ2v) is 4.84. The van der Waals surface area contributed by atoms with Crippen LogP contribution in [0.3, 0.4) is 0 Å². The molecule has 0 saturated carbocycles. The maximum absolute atomic E-state index is 12.1. The molecule has 1 aromatic rings. The summed E-state index contributed by atoms with van der Waals surface area (Å²) in [5.74, 6) is 0.749. The van der Waals surface area contributed by atoms with E-state index in [1.165, 1.54) is 0 Å². The van der Waals surface area contributed by atoms with E-state index in [9.17, 15) is 13.2 Å². The Hall–Kier alpha value is -0.900. The van der Waals surface area contributed by atoms with Gasteiger partial charge < -0.3 is 4.74 Å². The Morgan fingerprint density at radius 1 is 1.22 bits per heavy atom. The van der Waals surface area contributed by atoms with Crippen LogP contribution in [0.1, 0.15) is 34.9 Å². The summed E-state index contributed by atoms with van der Waals surface area (Å²) >= 11 is 6.01. The van der Waals surface area contributed by atoms with Gasteiger partial charge in [0.1, 0.15) is 5.75 Å².